The van der Waals surface area contributed by atoms with E-state index in [2.05, 4.69) is 4.98 Å². The van der Waals surface area contributed by atoms with E-state index in [4.69, 9.17) is 23.9 Å². The molecule has 170 valence electrons. The van der Waals surface area contributed by atoms with E-state index >= 15 is 0 Å². The summed E-state index contributed by atoms with van der Waals surface area (Å²) in [7, 11) is 6.16. The largest absolute Gasteiger partial charge is 0.497 e. The van der Waals surface area contributed by atoms with Crippen LogP contribution in [0.2, 0.25) is 0 Å². The summed E-state index contributed by atoms with van der Waals surface area (Å²) >= 11 is 1.41. The normalized spacial score (nSPS) is 10.7. The fraction of sp³-hybridized carbons (Fsp3) is 0.208. The lowest BCUT2D eigenvalue weighted by molar-refractivity contribution is 0.0984. The van der Waals surface area contributed by atoms with E-state index in [1.54, 1.807) is 36.5 Å². The Bertz CT molecular complexity index is 1250. The number of anilines is 1. The van der Waals surface area contributed by atoms with Gasteiger partial charge in [-0.15, -0.1) is 0 Å². The van der Waals surface area contributed by atoms with Gasteiger partial charge in [-0.3, -0.25) is 14.7 Å². The molecule has 2 heterocycles. The number of fused-ring (bicyclic) bond motifs is 1. The first-order valence-corrected chi connectivity index (χ1v) is 10.8. The zero-order chi connectivity index (χ0) is 23.4. The average molecular weight is 466 g/mol. The molecule has 0 radical (unpaired) electrons. The molecule has 2 aromatic carbocycles. The lowest BCUT2D eigenvalue weighted by atomic mass is 10.1. The maximum Gasteiger partial charge on any atom is 0.260 e. The number of aromatic nitrogens is 2. The molecule has 0 saturated carbocycles. The molecule has 1 amide bonds. The van der Waals surface area contributed by atoms with Gasteiger partial charge in [0, 0.05) is 18.0 Å². The first kappa shape index (κ1) is 22.3. The first-order chi connectivity index (χ1) is 16.1. The lowest BCUT2D eigenvalue weighted by Crippen LogP contribution is -2.30. The molecule has 0 spiro atoms. The topological polar surface area (TPSA) is 83.0 Å². The molecule has 0 saturated heterocycles. The van der Waals surface area contributed by atoms with Gasteiger partial charge in [0.2, 0.25) is 5.75 Å². The Labute approximate surface area is 195 Å². The summed E-state index contributed by atoms with van der Waals surface area (Å²) in [6.45, 7) is 0.292. The van der Waals surface area contributed by atoms with Gasteiger partial charge in [0.25, 0.3) is 5.91 Å². The Morgan fingerprint density at radius 3 is 2.33 bits per heavy atom. The molecule has 0 aliphatic heterocycles. The number of nitrogens with zero attached hydrogens (tertiary/aromatic N) is 3. The van der Waals surface area contributed by atoms with E-state index in [1.807, 2.05) is 30.3 Å². The van der Waals surface area contributed by atoms with E-state index < -0.39 is 0 Å². The van der Waals surface area contributed by atoms with Crippen LogP contribution in [0.1, 0.15) is 15.9 Å². The number of pyridine rings is 1. The summed E-state index contributed by atoms with van der Waals surface area (Å²) in [6, 6.07) is 12.6. The number of benzene rings is 2. The first-order valence-electron chi connectivity index (χ1n) is 10.0. The molecule has 0 aliphatic rings. The molecular weight excluding hydrogens is 442 g/mol. The Morgan fingerprint density at radius 1 is 0.970 bits per heavy atom. The van der Waals surface area contributed by atoms with Crippen LogP contribution in [0.5, 0.6) is 23.0 Å². The van der Waals surface area contributed by atoms with Crippen LogP contribution < -0.4 is 23.8 Å². The van der Waals surface area contributed by atoms with Crippen LogP contribution in [0.15, 0.2) is 54.9 Å². The van der Waals surface area contributed by atoms with E-state index in [9.17, 15) is 4.79 Å². The zero-order valence-corrected chi connectivity index (χ0v) is 19.5. The second kappa shape index (κ2) is 9.74. The van der Waals surface area contributed by atoms with E-state index in [0.717, 1.165) is 21.5 Å². The van der Waals surface area contributed by atoms with Crippen LogP contribution in [0, 0.1) is 0 Å². The molecule has 2 aromatic heterocycles. The summed E-state index contributed by atoms with van der Waals surface area (Å²) in [4.78, 5) is 24.3. The monoisotopic (exact) mass is 465 g/mol. The van der Waals surface area contributed by atoms with Crippen molar-refractivity contribution in [3.8, 4) is 23.0 Å². The van der Waals surface area contributed by atoms with Crippen LogP contribution in [-0.4, -0.2) is 44.3 Å². The average Bonchev–Trinajstić information content (AvgIpc) is 3.29. The predicted octanol–water partition coefficient (Wildman–Crippen LogP) is 4.57. The van der Waals surface area contributed by atoms with Crippen LogP contribution in [0.3, 0.4) is 0 Å². The van der Waals surface area contributed by atoms with Crippen molar-refractivity contribution < 1.29 is 23.7 Å². The van der Waals surface area contributed by atoms with Crippen molar-refractivity contribution in [2.45, 2.75) is 6.54 Å². The molecule has 4 aromatic rings. The van der Waals surface area contributed by atoms with Gasteiger partial charge in [0.15, 0.2) is 16.6 Å². The highest BCUT2D eigenvalue weighted by atomic mass is 32.1. The standard InChI is InChI=1S/C24H23N3O5S/c1-29-17-7-8-18-21(12-17)33-24(26-18)27(14-15-6-5-9-25-13-15)23(28)16-10-19(30-2)22(32-4)20(11-16)31-3/h5-13H,14H2,1-4H3. The van der Waals surface area contributed by atoms with Gasteiger partial charge in [-0.05, 0) is 42.0 Å². The van der Waals surface area contributed by atoms with Gasteiger partial charge in [0.05, 0.1) is 45.2 Å². The molecular formula is C24H23N3O5S. The van der Waals surface area contributed by atoms with Gasteiger partial charge < -0.3 is 18.9 Å². The van der Waals surface area contributed by atoms with Crippen LogP contribution in [-0.2, 0) is 6.54 Å². The SMILES string of the molecule is COc1ccc2nc(N(Cc3cccnc3)C(=O)c3cc(OC)c(OC)c(OC)c3)sc2c1. The molecule has 9 heteroatoms. The second-order valence-electron chi connectivity index (χ2n) is 7.00. The molecule has 0 bridgehead atoms. The van der Waals surface area contributed by atoms with Crippen molar-refractivity contribution >= 4 is 32.6 Å². The van der Waals surface area contributed by atoms with E-state index in [1.165, 1.54) is 32.7 Å². The summed E-state index contributed by atoms with van der Waals surface area (Å²) in [5.41, 5.74) is 2.03. The minimum atomic E-state index is -0.260. The zero-order valence-electron chi connectivity index (χ0n) is 18.7. The predicted molar refractivity (Wildman–Crippen MR) is 127 cm³/mol. The number of methoxy groups -OCH3 is 4. The van der Waals surface area contributed by atoms with Gasteiger partial charge in [-0.2, -0.15) is 0 Å². The maximum atomic E-state index is 13.8. The lowest BCUT2D eigenvalue weighted by Gasteiger charge is -2.21. The molecule has 0 atom stereocenters. The molecule has 0 N–H and O–H groups in total. The number of carbonyl (C=O) groups excluding carboxylic acids is 1. The fourth-order valence-electron chi connectivity index (χ4n) is 3.40. The second-order valence-corrected chi connectivity index (χ2v) is 8.01. The van der Waals surface area contributed by atoms with Crippen molar-refractivity contribution in [3.05, 3.63) is 66.0 Å². The highest BCUT2D eigenvalue weighted by molar-refractivity contribution is 7.22. The van der Waals surface area contributed by atoms with Gasteiger partial charge in [-0.25, -0.2) is 4.98 Å². The van der Waals surface area contributed by atoms with Crippen molar-refractivity contribution in [3.63, 3.8) is 0 Å². The quantitative estimate of drug-likeness (QED) is 0.377. The molecule has 0 aliphatic carbocycles. The van der Waals surface area contributed by atoms with Crippen molar-refractivity contribution in [2.75, 3.05) is 33.3 Å². The van der Waals surface area contributed by atoms with Crippen molar-refractivity contribution in [1.29, 1.82) is 0 Å². The fourth-order valence-corrected chi connectivity index (χ4v) is 4.39. The minimum Gasteiger partial charge on any atom is -0.497 e. The van der Waals surface area contributed by atoms with E-state index in [-0.39, 0.29) is 5.91 Å². The summed E-state index contributed by atoms with van der Waals surface area (Å²) in [6.07, 6.45) is 3.42. The molecule has 0 fully saturated rings. The molecule has 8 nitrogen and oxygen atoms in total. The number of hydrogen-bond donors (Lipinski definition) is 0. The summed E-state index contributed by atoms with van der Waals surface area (Å²) in [5.74, 6) is 1.69. The summed E-state index contributed by atoms with van der Waals surface area (Å²) < 4.78 is 22.5. The van der Waals surface area contributed by atoms with Crippen molar-refractivity contribution in [1.82, 2.24) is 9.97 Å². The Morgan fingerprint density at radius 2 is 1.73 bits per heavy atom. The third-order valence-electron chi connectivity index (χ3n) is 5.04. The molecule has 0 unspecified atom stereocenters. The van der Waals surface area contributed by atoms with Crippen LogP contribution in [0.4, 0.5) is 5.13 Å². The van der Waals surface area contributed by atoms with Crippen molar-refractivity contribution in [2.24, 2.45) is 0 Å². The van der Waals surface area contributed by atoms with Gasteiger partial charge in [-0.1, -0.05) is 17.4 Å². The summed E-state index contributed by atoms with van der Waals surface area (Å²) in [5, 5.41) is 0.556. The van der Waals surface area contributed by atoms with Gasteiger partial charge >= 0.3 is 0 Å². The number of amides is 1. The van der Waals surface area contributed by atoms with Gasteiger partial charge in [0.1, 0.15) is 5.75 Å². The maximum absolute atomic E-state index is 13.8. The number of ether oxygens (including phenoxy) is 4. The highest BCUT2D eigenvalue weighted by Crippen LogP contribution is 2.39. The van der Waals surface area contributed by atoms with Crippen LogP contribution in [0.25, 0.3) is 10.2 Å². The number of thiazole rings is 1. The highest BCUT2D eigenvalue weighted by Gasteiger charge is 2.25. The smallest absolute Gasteiger partial charge is 0.260 e. The molecule has 33 heavy (non-hydrogen) atoms. The number of rotatable bonds is 8. The third kappa shape index (κ3) is 4.54. The van der Waals surface area contributed by atoms with Crippen LogP contribution >= 0.6 is 11.3 Å². The molecule has 4 rings (SSSR count). The third-order valence-corrected chi connectivity index (χ3v) is 6.08. The minimum absolute atomic E-state index is 0.260. The Balaban J connectivity index is 1.81. The number of hydrogen-bond acceptors (Lipinski definition) is 8. The van der Waals surface area contributed by atoms with E-state index in [0.29, 0.717) is 34.5 Å². The Hall–Kier alpha value is -3.85. The Kier molecular flexibility index (Phi) is 6.60. The number of carbonyl (C=O) groups is 1.